The SMILES string of the molecule is [CH2-][NH2+]Cc1ccc(OCCCC)cc1. The molecule has 0 heterocycles. The first-order valence-corrected chi connectivity index (χ1v) is 5.19. The zero-order valence-corrected chi connectivity index (χ0v) is 8.83. The number of nitrogens with two attached hydrogens (primary N) is 1. The van der Waals surface area contributed by atoms with Crippen molar-refractivity contribution in [2.45, 2.75) is 26.3 Å². The Kier molecular flexibility index (Phi) is 5.08. The minimum absolute atomic E-state index is 0.817. The van der Waals surface area contributed by atoms with Gasteiger partial charge in [-0.15, -0.1) is 0 Å². The highest BCUT2D eigenvalue weighted by Gasteiger charge is 1.94. The fraction of sp³-hybridized carbons (Fsp3) is 0.417. The second-order valence-electron chi connectivity index (χ2n) is 3.34. The normalized spacial score (nSPS) is 10.1. The molecule has 1 aromatic carbocycles. The van der Waals surface area contributed by atoms with Crippen LogP contribution in [0.15, 0.2) is 24.3 Å². The van der Waals surface area contributed by atoms with E-state index >= 15 is 0 Å². The highest BCUT2D eigenvalue weighted by molar-refractivity contribution is 5.26. The van der Waals surface area contributed by atoms with E-state index in [9.17, 15) is 0 Å². The molecular formula is C12H19NO. The second kappa shape index (κ2) is 6.44. The van der Waals surface area contributed by atoms with E-state index in [4.69, 9.17) is 4.74 Å². The van der Waals surface area contributed by atoms with Crippen LogP contribution in [0.2, 0.25) is 0 Å². The van der Waals surface area contributed by atoms with Gasteiger partial charge in [0.25, 0.3) is 0 Å². The topological polar surface area (TPSA) is 25.8 Å². The van der Waals surface area contributed by atoms with Crippen LogP contribution in [0.3, 0.4) is 0 Å². The van der Waals surface area contributed by atoms with Crippen molar-refractivity contribution in [2.24, 2.45) is 0 Å². The molecule has 0 fully saturated rings. The average molecular weight is 193 g/mol. The monoisotopic (exact) mass is 193 g/mol. The van der Waals surface area contributed by atoms with Gasteiger partial charge >= 0.3 is 0 Å². The molecule has 0 spiro atoms. The van der Waals surface area contributed by atoms with E-state index in [2.05, 4.69) is 26.1 Å². The lowest BCUT2D eigenvalue weighted by molar-refractivity contribution is -0.612. The maximum absolute atomic E-state index is 5.55. The van der Waals surface area contributed by atoms with Gasteiger partial charge in [-0.2, -0.15) is 7.05 Å². The molecule has 0 aliphatic rings. The van der Waals surface area contributed by atoms with E-state index in [1.165, 1.54) is 12.0 Å². The van der Waals surface area contributed by atoms with Gasteiger partial charge in [0, 0.05) is 5.56 Å². The van der Waals surface area contributed by atoms with Crippen LogP contribution in [0, 0.1) is 7.05 Å². The summed E-state index contributed by atoms with van der Waals surface area (Å²) in [6.07, 6.45) is 2.29. The lowest BCUT2D eigenvalue weighted by Gasteiger charge is -2.06. The number of ether oxygens (including phenoxy) is 1. The van der Waals surface area contributed by atoms with Crippen molar-refractivity contribution in [3.05, 3.63) is 36.9 Å². The van der Waals surface area contributed by atoms with Crippen molar-refractivity contribution >= 4 is 0 Å². The van der Waals surface area contributed by atoms with Gasteiger partial charge in [0.05, 0.1) is 13.2 Å². The Morgan fingerprint density at radius 3 is 2.57 bits per heavy atom. The molecule has 0 aromatic heterocycles. The van der Waals surface area contributed by atoms with Crippen molar-refractivity contribution in [3.63, 3.8) is 0 Å². The highest BCUT2D eigenvalue weighted by Crippen LogP contribution is 2.11. The maximum Gasteiger partial charge on any atom is 0.119 e. The Morgan fingerprint density at radius 1 is 1.29 bits per heavy atom. The molecule has 2 heteroatoms. The molecule has 78 valence electrons. The molecule has 0 atom stereocenters. The lowest BCUT2D eigenvalue weighted by atomic mass is 10.2. The van der Waals surface area contributed by atoms with E-state index in [-0.39, 0.29) is 0 Å². The molecule has 2 N–H and O–H groups in total. The van der Waals surface area contributed by atoms with Gasteiger partial charge < -0.3 is 10.1 Å². The molecule has 0 saturated heterocycles. The predicted molar refractivity (Wildman–Crippen MR) is 57.8 cm³/mol. The highest BCUT2D eigenvalue weighted by atomic mass is 16.5. The van der Waals surface area contributed by atoms with Gasteiger partial charge in [0.1, 0.15) is 5.75 Å². The van der Waals surface area contributed by atoms with Crippen LogP contribution < -0.4 is 10.1 Å². The zero-order chi connectivity index (χ0) is 10.2. The van der Waals surface area contributed by atoms with E-state index in [1.807, 2.05) is 17.4 Å². The molecule has 0 unspecified atom stereocenters. The Hall–Kier alpha value is -1.02. The summed E-state index contributed by atoms with van der Waals surface area (Å²) < 4.78 is 5.55. The molecular weight excluding hydrogens is 174 g/mol. The fourth-order valence-electron chi connectivity index (χ4n) is 1.22. The number of hydrogen-bond donors (Lipinski definition) is 1. The molecule has 0 aliphatic heterocycles. The quantitative estimate of drug-likeness (QED) is 0.540. The summed E-state index contributed by atoms with van der Waals surface area (Å²) in [6.45, 7) is 3.91. The van der Waals surface area contributed by atoms with Gasteiger partial charge in [0.15, 0.2) is 0 Å². The minimum atomic E-state index is 0.817. The molecule has 0 saturated carbocycles. The number of unbranched alkanes of at least 4 members (excludes halogenated alkanes) is 1. The molecule has 0 amide bonds. The standard InChI is InChI=1S/C12H19NO/c1-3-4-9-14-12-7-5-11(6-8-12)10-13-2/h5-8H,2-4,9-10,13H2,1H3. The first-order chi connectivity index (χ1) is 6.86. The molecule has 2 nitrogen and oxygen atoms in total. The Morgan fingerprint density at radius 2 is 2.00 bits per heavy atom. The summed E-state index contributed by atoms with van der Waals surface area (Å²) in [5.41, 5.74) is 1.28. The third kappa shape index (κ3) is 3.79. The summed E-state index contributed by atoms with van der Waals surface area (Å²) >= 11 is 0. The van der Waals surface area contributed by atoms with Crippen LogP contribution in [0.1, 0.15) is 25.3 Å². The van der Waals surface area contributed by atoms with Crippen molar-refractivity contribution in [1.82, 2.24) is 0 Å². The summed E-state index contributed by atoms with van der Waals surface area (Å²) in [7, 11) is 3.71. The first-order valence-electron chi connectivity index (χ1n) is 5.19. The number of quaternary nitrogens is 1. The van der Waals surface area contributed by atoms with Gasteiger partial charge in [-0.05, 0) is 30.7 Å². The van der Waals surface area contributed by atoms with Gasteiger partial charge in [0.2, 0.25) is 0 Å². The van der Waals surface area contributed by atoms with Crippen molar-refractivity contribution < 1.29 is 10.1 Å². The molecule has 0 bridgehead atoms. The van der Waals surface area contributed by atoms with Crippen molar-refractivity contribution in [2.75, 3.05) is 6.61 Å². The van der Waals surface area contributed by atoms with Crippen LogP contribution in [0.4, 0.5) is 0 Å². The van der Waals surface area contributed by atoms with Gasteiger partial charge in [-0.25, -0.2) is 0 Å². The smallest absolute Gasteiger partial charge is 0.119 e. The predicted octanol–water partition coefficient (Wildman–Crippen LogP) is 1.72. The molecule has 0 radical (unpaired) electrons. The van der Waals surface area contributed by atoms with Crippen LogP contribution >= 0.6 is 0 Å². The maximum atomic E-state index is 5.55. The summed E-state index contributed by atoms with van der Waals surface area (Å²) in [4.78, 5) is 0. The van der Waals surface area contributed by atoms with E-state index < -0.39 is 0 Å². The number of hydrogen-bond acceptors (Lipinski definition) is 1. The Labute approximate surface area is 86.3 Å². The molecule has 1 rings (SSSR count). The number of rotatable bonds is 6. The van der Waals surface area contributed by atoms with Crippen LogP contribution in [-0.4, -0.2) is 6.61 Å². The largest absolute Gasteiger partial charge is 0.494 e. The summed E-state index contributed by atoms with van der Waals surface area (Å²) in [6, 6.07) is 8.22. The zero-order valence-electron chi connectivity index (χ0n) is 8.83. The van der Waals surface area contributed by atoms with E-state index in [1.54, 1.807) is 0 Å². The third-order valence-corrected chi connectivity index (χ3v) is 2.07. The van der Waals surface area contributed by atoms with E-state index in [0.29, 0.717) is 0 Å². The summed E-state index contributed by atoms with van der Waals surface area (Å²) in [5.74, 6) is 0.964. The second-order valence-corrected chi connectivity index (χ2v) is 3.34. The number of benzene rings is 1. The molecule has 0 aliphatic carbocycles. The minimum Gasteiger partial charge on any atom is -0.494 e. The van der Waals surface area contributed by atoms with Gasteiger partial charge in [-0.1, -0.05) is 13.3 Å². The van der Waals surface area contributed by atoms with Gasteiger partial charge in [-0.3, -0.25) is 0 Å². The lowest BCUT2D eigenvalue weighted by Crippen LogP contribution is -2.74. The Bertz CT molecular complexity index is 243. The Balaban J connectivity index is 2.38. The molecule has 14 heavy (non-hydrogen) atoms. The fourth-order valence-corrected chi connectivity index (χ4v) is 1.22. The van der Waals surface area contributed by atoms with Crippen molar-refractivity contribution in [3.8, 4) is 5.75 Å². The third-order valence-electron chi connectivity index (χ3n) is 2.07. The average Bonchev–Trinajstić information content (AvgIpc) is 2.21. The molecule has 1 aromatic rings. The van der Waals surface area contributed by atoms with E-state index in [0.717, 1.165) is 25.3 Å². The first kappa shape index (κ1) is 11.1. The van der Waals surface area contributed by atoms with Crippen LogP contribution in [-0.2, 0) is 6.54 Å². The van der Waals surface area contributed by atoms with Crippen LogP contribution in [0.25, 0.3) is 0 Å². The van der Waals surface area contributed by atoms with Crippen LogP contribution in [0.5, 0.6) is 5.75 Å². The van der Waals surface area contributed by atoms with Crippen molar-refractivity contribution in [1.29, 1.82) is 0 Å². The summed E-state index contributed by atoms with van der Waals surface area (Å²) in [5, 5.41) is 1.91.